The standard InChI is InChI=1S/C11H9ClN4O2S/c12-8-5-6(1-2-7(8)10(13)16-18)19-11-14-4-3-9(17)15-11/h1-5,18H,(H2,13,16)(H,14,15,17). The Hall–Kier alpha value is -1.99. The molecule has 19 heavy (non-hydrogen) atoms. The Kier molecular flexibility index (Phi) is 4.08. The number of hydrogen-bond donors (Lipinski definition) is 3. The van der Waals surface area contributed by atoms with Gasteiger partial charge < -0.3 is 15.9 Å². The van der Waals surface area contributed by atoms with Gasteiger partial charge in [-0.3, -0.25) is 4.79 Å². The fourth-order valence-corrected chi connectivity index (χ4v) is 2.48. The van der Waals surface area contributed by atoms with Crippen LogP contribution in [-0.2, 0) is 0 Å². The quantitative estimate of drug-likeness (QED) is 0.263. The number of benzene rings is 1. The van der Waals surface area contributed by atoms with Gasteiger partial charge in [-0.1, -0.05) is 28.5 Å². The molecule has 1 aromatic carbocycles. The third-order valence-electron chi connectivity index (χ3n) is 2.19. The molecule has 0 aliphatic carbocycles. The Morgan fingerprint density at radius 2 is 2.26 bits per heavy atom. The van der Waals surface area contributed by atoms with Crippen LogP contribution in [0.15, 0.2) is 50.5 Å². The minimum Gasteiger partial charge on any atom is -0.409 e. The Balaban J connectivity index is 2.28. The normalized spacial score (nSPS) is 11.5. The van der Waals surface area contributed by atoms with Crippen molar-refractivity contribution in [1.29, 1.82) is 0 Å². The molecule has 98 valence electrons. The van der Waals surface area contributed by atoms with Crippen LogP contribution in [-0.4, -0.2) is 21.0 Å². The van der Waals surface area contributed by atoms with Gasteiger partial charge in [0, 0.05) is 22.7 Å². The fraction of sp³-hybridized carbons (Fsp3) is 0. The summed E-state index contributed by atoms with van der Waals surface area (Å²) in [6.07, 6.45) is 1.42. The monoisotopic (exact) mass is 296 g/mol. The summed E-state index contributed by atoms with van der Waals surface area (Å²) in [6, 6.07) is 6.34. The van der Waals surface area contributed by atoms with Gasteiger partial charge in [0.2, 0.25) is 0 Å². The van der Waals surface area contributed by atoms with E-state index in [0.29, 0.717) is 15.7 Å². The maximum Gasteiger partial charge on any atom is 0.251 e. The topological polar surface area (TPSA) is 104 Å². The second kappa shape index (κ2) is 5.77. The fourth-order valence-electron chi connectivity index (χ4n) is 1.34. The van der Waals surface area contributed by atoms with E-state index in [4.69, 9.17) is 22.5 Å². The van der Waals surface area contributed by atoms with Gasteiger partial charge in [0.05, 0.1) is 5.02 Å². The van der Waals surface area contributed by atoms with E-state index in [1.807, 2.05) is 0 Å². The minimum absolute atomic E-state index is 0.0622. The molecule has 6 nitrogen and oxygen atoms in total. The second-order valence-corrected chi connectivity index (χ2v) is 4.94. The molecule has 0 saturated heterocycles. The molecular weight excluding hydrogens is 288 g/mol. The number of amidine groups is 1. The van der Waals surface area contributed by atoms with Gasteiger partial charge in [-0.05, 0) is 18.2 Å². The summed E-state index contributed by atoms with van der Waals surface area (Å²) in [5.41, 5.74) is 5.67. The first-order valence-corrected chi connectivity index (χ1v) is 6.30. The van der Waals surface area contributed by atoms with Gasteiger partial charge in [0.1, 0.15) is 0 Å². The van der Waals surface area contributed by atoms with Crippen molar-refractivity contribution >= 4 is 29.2 Å². The van der Waals surface area contributed by atoms with Gasteiger partial charge in [-0.15, -0.1) is 0 Å². The van der Waals surface area contributed by atoms with E-state index in [1.165, 1.54) is 24.0 Å². The summed E-state index contributed by atoms with van der Waals surface area (Å²) in [4.78, 5) is 18.5. The number of halogens is 1. The highest BCUT2D eigenvalue weighted by Crippen LogP contribution is 2.28. The van der Waals surface area contributed by atoms with Crippen molar-refractivity contribution in [1.82, 2.24) is 9.97 Å². The van der Waals surface area contributed by atoms with Crippen LogP contribution in [0.2, 0.25) is 5.02 Å². The summed E-state index contributed by atoms with van der Waals surface area (Å²) in [7, 11) is 0. The molecule has 0 aliphatic heterocycles. The van der Waals surface area contributed by atoms with E-state index in [1.54, 1.807) is 18.2 Å². The molecule has 0 amide bonds. The van der Waals surface area contributed by atoms with E-state index in [2.05, 4.69) is 15.1 Å². The van der Waals surface area contributed by atoms with E-state index in [-0.39, 0.29) is 11.4 Å². The first kappa shape index (κ1) is 13.4. The predicted octanol–water partition coefficient (Wildman–Crippen LogP) is 1.67. The molecule has 0 spiro atoms. The van der Waals surface area contributed by atoms with Gasteiger partial charge >= 0.3 is 0 Å². The van der Waals surface area contributed by atoms with Crippen LogP contribution < -0.4 is 11.3 Å². The highest BCUT2D eigenvalue weighted by atomic mass is 35.5. The lowest BCUT2D eigenvalue weighted by Gasteiger charge is -2.05. The van der Waals surface area contributed by atoms with Crippen LogP contribution in [0, 0.1) is 0 Å². The Morgan fingerprint density at radius 1 is 1.47 bits per heavy atom. The molecule has 0 unspecified atom stereocenters. The lowest BCUT2D eigenvalue weighted by molar-refractivity contribution is 0.318. The molecule has 2 aromatic rings. The lowest BCUT2D eigenvalue weighted by Crippen LogP contribution is -2.13. The number of H-pyrrole nitrogens is 1. The number of aromatic nitrogens is 2. The zero-order valence-corrected chi connectivity index (χ0v) is 11.1. The van der Waals surface area contributed by atoms with Crippen molar-refractivity contribution in [2.75, 3.05) is 0 Å². The van der Waals surface area contributed by atoms with Gasteiger partial charge in [0.15, 0.2) is 11.0 Å². The molecule has 1 aromatic heterocycles. The number of nitrogens with zero attached hydrogens (tertiary/aromatic N) is 2. The SMILES string of the molecule is NC(=NO)c1ccc(Sc2nccc(=O)[nH]2)cc1Cl. The zero-order valence-electron chi connectivity index (χ0n) is 9.50. The van der Waals surface area contributed by atoms with Crippen LogP contribution in [0.1, 0.15) is 5.56 Å². The van der Waals surface area contributed by atoms with Crippen LogP contribution in [0.4, 0.5) is 0 Å². The first-order valence-electron chi connectivity index (χ1n) is 5.11. The van der Waals surface area contributed by atoms with Crippen molar-refractivity contribution < 1.29 is 5.21 Å². The lowest BCUT2D eigenvalue weighted by atomic mass is 10.2. The van der Waals surface area contributed by atoms with Gasteiger partial charge in [-0.2, -0.15) is 0 Å². The predicted molar refractivity (Wildman–Crippen MR) is 72.9 cm³/mol. The van der Waals surface area contributed by atoms with Gasteiger partial charge in [0.25, 0.3) is 5.56 Å². The summed E-state index contributed by atoms with van der Waals surface area (Å²) in [5.74, 6) is -0.0622. The molecule has 0 aliphatic rings. The van der Waals surface area contributed by atoms with Crippen molar-refractivity contribution in [3.8, 4) is 0 Å². The highest BCUT2D eigenvalue weighted by Gasteiger charge is 2.08. The largest absolute Gasteiger partial charge is 0.409 e. The molecule has 0 saturated carbocycles. The maximum absolute atomic E-state index is 11.1. The van der Waals surface area contributed by atoms with E-state index in [0.717, 1.165) is 4.90 Å². The van der Waals surface area contributed by atoms with Crippen molar-refractivity contribution in [3.63, 3.8) is 0 Å². The summed E-state index contributed by atoms with van der Waals surface area (Å²) in [5, 5.41) is 12.3. The molecule has 0 fully saturated rings. The number of rotatable bonds is 3. The summed E-state index contributed by atoms with van der Waals surface area (Å²) in [6.45, 7) is 0. The third kappa shape index (κ3) is 3.27. The molecule has 0 radical (unpaired) electrons. The molecule has 2 rings (SSSR count). The Bertz CT molecular complexity index is 686. The van der Waals surface area contributed by atoms with E-state index in [9.17, 15) is 4.79 Å². The summed E-state index contributed by atoms with van der Waals surface area (Å²) < 4.78 is 0. The number of nitrogens with one attached hydrogen (secondary N) is 1. The Labute approximate surface area is 117 Å². The first-order chi connectivity index (χ1) is 9.10. The number of aromatic amines is 1. The number of oxime groups is 1. The highest BCUT2D eigenvalue weighted by molar-refractivity contribution is 7.99. The second-order valence-electron chi connectivity index (χ2n) is 3.47. The third-order valence-corrected chi connectivity index (χ3v) is 3.39. The average molecular weight is 297 g/mol. The van der Waals surface area contributed by atoms with E-state index < -0.39 is 0 Å². The number of hydrogen-bond acceptors (Lipinski definition) is 5. The molecule has 0 atom stereocenters. The maximum atomic E-state index is 11.1. The molecule has 4 N–H and O–H groups in total. The zero-order chi connectivity index (χ0) is 13.8. The summed E-state index contributed by atoms with van der Waals surface area (Å²) >= 11 is 7.27. The molecule has 0 bridgehead atoms. The van der Waals surface area contributed by atoms with Crippen molar-refractivity contribution in [3.05, 3.63) is 51.4 Å². The molecule has 8 heteroatoms. The average Bonchev–Trinajstić information content (AvgIpc) is 2.38. The molecule has 1 heterocycles. The smallest absolute Gasteiger partial charge is 0.251 e. The van der Waals surface area contributed by atoms with Crippen LogP contribution >= 0.6 is 23.4 Å². The van der Waals surface area contributed by atoms with Crippen LogP contribution in [0.5, 0.6) is 0 Å². The van der Waals surface area contributed by atoms with Crippen LogP contribution in [0.3, 0.4) is 0 Å². The molecular formula is C11H9ClN4O2S. The van der Waals surface area contributed by atoms with Crippen molar-refractivity contribution in [2.45, 2.75) is 10.1 Å². The van der Waals surface area contributed by atoms with E-state index >= 15 is 0 Å². The minimum atomic E-state index is -0.225. The Morgan fingerprint density at radius 3 is 2.89 bits per heavy atom. The van der Waals surface area contributed by atoms with Gasteiger partial charge in [-0.25, -0.2) is 4.98 Å². The van der Waals surface area contributed by atoms with Crippen molar-refractivity contribution in [2.24, 2.45) is 10.9 Å². The van der Waals surface area contributed by atoms with Crippen LogP contribution in [0.25, 0.3) is 0 Å². The number of nitrogens with two attached hydrogens (primary N) is 1.